The fourth-order valence-electron chi connectivity index (χ4n) is 1.16. The number of rotatable bonds is 5. The normalized spacial score (nSPS) is 8.89. The molecule has 0 spiro atoms. The largest absolute Gasteiger partial charge is 0.430 e. The number of azide groups is 1. The molecule has 90 valence electrons. The van der Waals surface area contributed by atoms with Gasteiger partial charge in [-0.2, -0.15) is 0 Å². The van der Waals surface area contributed by atoms with Crippen molar-refractivity contribution in [1.82, 2.24) is 0 Å². The van der Waals surface area contributed by atoms with Crippen LogP contribution in [-0.2, 0) is 9.53 Å². The molecule has 0 saturated heterocycles. The summed E-state index contributed by atoms with van der Waals surface area (Å²) in [5.74, 6) is -2.00. The van der Waals surface area contributed by atoms with Gasteiger partial charge in [0.1, 0.15) is 0 Å². The Kier molecular flexibility index (Phi) is 4.36. The van der Waals surface area contributed by atoms with Gasteiger partial charge < -0.3 is 4.74 Å². The summed E-state index contributed by atoms with van der Waals surface area (Å²) in [4.78, 5) is 25.6. The fraction of sp³-hybridized carbons (Fsp3) is 0. The summed E-state index contributed by atoms with van der Waals surface area (Å²) in [6.07, 6.45) is 0.823. The SMILES string of the molecule is C=COC(=O)C(=N)C(=O)c1ccccc1N=[N+]=[N-]. The van der Waals surface area contributed by atoms with Gasteiger partial charge in [0.05, 0.1) is 6.26 Å². The molecule has 0 bridgehead atoms. The molecule has 18 heavy (non-hydrogen) atoms. The molecule has 7 nitrogen and oxygen atoms in total. The molecule has 0 aliphatic carbocycles. The van der Waals surface area contributed by atoms with E-state index in [0.717, 1.165) is 6.26 Å². The van der Waals surface area contributed by atoms with Gasteiger partial charge in [0.2, 0.25) is 5.78 Å². The van der Waals surface area contributed by atoms with Crippen LogP contribution in [-0.4, -0.2) is 17.5 Å². The summed E-state index contributed by atoms with van der Waals surface area (Å²) >= 11 is 0. The molecule has 1 N–H and O–H groups in total. The first-order chi connectivity index (χ1) is 8.61. The smallest absolute Gasteiger partial charge is 0.365 e. The lowest BCUT2D eigenvalue weighted by molar-refractivity contribution is -0.130. The monoisotopic (exact) mass is 244 g/mol. The molecular formula is C11H8N4O3. The predicted octanol–water partition coefficient (Wildman–Crippen LogP) is 2.52. The molecule has 0 fully saturated rings. The van der Waals surface area contributed by atoms with Crippen molar-refractivity contribution < 1.29 is 14.3 Å². The Morgan fingerprint density at radius 3 is 2.72 bits per heavy atom. The van der Waals surface area contributed by atoms with Crippen LogP contribution in [0.4, 0.5) is 5.69 Å². The van der Waals surface area contributed by atoms with Gasteiger partial charge in [0.15, 0.2) is 5.71 Å². The summed E-state index contributed by atoms with van der Waals surface area (Å²) < 4.78 is 4.32. The van der Waals surface area contributed by atoms with Crippen molar-refractivity contribution >= 4 is 23.2 Å². The van der Waals surface area contributed by atoms with E-state index in [1.807, 2.05) is 0 Å². The van der Waals surface area contributed by atoms with Gasteiger partial charge in [0, 0.05) is 16.2 Å². The molecule has 0 unspecified atom stereocenters. The maximum absolute atomic E-state index is 11.8. The summed E-state index contributed by atoms with van der Waals surface area (Å²) in [6, 6.07) is 5.84. The Morgan fingerprint density at radius 2 is 2.11 bits per heavy atom. The second-order valence-corrected chi connectivity index (χ2v) is 2.98. The zero-order valence-electron chi connectivity index (χ0n) is 9.16. The Morgan fingerprint density at radius 1 is 1.44 bits per heavy atom. The number of ether oxygens (including phenoxy) is 1. The van der Waals surface area contributed by atoms with Gasteiger partial charge in [-0.25, -0.2) is 4.79 Å². The highest BCUT2D eigenvalue weighted by atomic mass is 16.5. The van der Waals surface area contributed by atoms with E-state index < -0.39 is 17.5 Å². The van der Waals surface area contributed by atoms with Crippen LogP contribution in [0.3, 0.4) is 0 Å². The molecule has 1 rings (SSSR count). The van der Waals surface area contributed by atoms with Crippen LogP contribution in [0.25, 0.3) is 10.4 Å². The van der Waals surface area contributed by atoms with Crippen molar-refractivity contribution in [3.63, 3.8) is 0 Å². The Labute approximate surface area is 102 Å². The van der Waals surface area contributed by atoms with Gasteiger partial charge in [-0.05, 0) is 5.53 Å². The molecule has 0 atom stereocenters. The molecule has 0 aliphatic rings. The first-order valence-electron chi connectivity index (χ1n) is 4.71. The first-order valence-corrected chi connectivity index (χ1v) is 4.71. The Hall–Kier alpha value is -2.92. The maximum Gasteiger partial charge on any atom is 0.365 e. The minimum atomic E-state index is -1.12. The first kappa shape index (κ1) is 13.1. The predicted molar refractivity (Wildman–Crippen MR) is 63.6 cm³/mol. The lowest BCUT2D eigenvalue weighted by Gasteiger charge is -2.03. The molecule has 0 radical (unpaired) electrons. The minimum Gasteiger partial charge on any atom is -0.430 e. The number of Topliss-reactive ketones (excluding diaryl/α,β-unsaturated/α-hetero) is 1. The third-order valence-electron chi connectivity index (χ3n) is 1.92. The number of nitrogens with zero attached hydrogens (tertiary/aromatic N) is 3. The van der Waals surface area contributed by atoms with Crippen molar-refractivity contribution in [2.45, 2.75) is 0 Å². The van der Waals surface area contributed by atoms with Crippen LogP contribution in [0, 0.1) is 5.41 Å². The highest BCUT2D eigenvalue weighted by Gasteiger charge is 2.22. The average molecular weight is 244 g/mol. The van der Waals surface area contributed by atoms with Crippen molar-refractivity contribution in [2.75, 3.05) is 0 Å². The Balaban J connectivity index is 3.11. The van der Waals surface area contributed by atoms with Crippen LogP contribution in [0.5, 0.6) is 0 Å². The third kappa shape index (κ3) is 2.81. The lowest BCUT2D eigenvalue weighted by atomic mass is 10.1. The van der Waals surface area contributed by atoms with Crippen molar-refractivity contribution in [3.8, 4) is 0 Å². The molecule has 0 saturated carbocycles. The number of hydrogen-bond acceptors (Lipinski definition) is 5. The van der Waals surface area contributed by atoms with Gasteiger partial charge >= 0.3 is 5.97 Å². The molecule has 7 heteroatoms. The molecule has 0 heterocycles. The van der Waals surface area contributed by atoms with Crippen LogP contribution in [0.2, 0.25) is 0 Å². The fourth-order valence-corrected chi connectivity index (χ4v) is 1.16. The highest BCUT2D eigenvalue weighted by Crippen LogP contribution is 2.19. The van der Waals surface area contributed by atoms with Crippen LogP contribution in [0.1, 0.15) is 10.4 Å². The standard InChI is InChI=1S/C11H8N4O3/c1-2-18-11(17)9(12)10(16)7-5-3-4-6-8(7)14-15-13/h2-6,12H,1H2. The van der Waals surface area contributed by atoms with Crippen molar-refractivity contribution in [3.05, 3.63) is 53.1 Å². The molecular weight excluding hydrogens is 236 g/mol. The van der Waals surface area contributed by atoms with Crippen LogP contribution in [0.15, 0.2) is 42.2 Å². The topological polar surface area (TPSA) is 116 Å². The van der Waals surface area contributed by atoms with Crippen LogP contribution >= 0.6 is 0 Å². The second kappa shape index (κ2) is 5.97. The van der Waals surface area contributed by atoms with Crippen LogP contribution < -0.4 is 0 Å². The quantitative estimate of drug-likeness (QED) is 0.125. The number of hydrogen-bond donors (Lipinski definition) is 1. The van der Waals surface area contributed by atoms with E-state index in [-0.39, 0.29) is 11.3 Å². The number of ketones is 1. The average Bonchev–Trinajstić information content (AvgIpc) is 2.38. The number of carbonyl (C=O) groups excluding carboxylic acids is 2. The molecule has 0 amide bonds. The van der Waals surface area contributed by atoms with E-state index in [0.29, 0.717) is 0 Å². The Bertz CT molecular complexity index is 573. The van der Waals surface area contributed by atoms with Gasteiger partial charge in [-0.15, -0.1) is 0 Å². The molecule has 0 aliphatic heterocycles. The zero-order valence-corrected chi connectivity index (χ0v) is 9.16. The van der Waals surface area contributed by atoms with E-state index >= 15 is 0 Å². The van der Waals surface area contributed by atoms with Crippen molar-refractivity contribution in [1.29, 1.82) is 5.41 Å². The summed E-state index contributed by atoms with van der Waals surface area (Å²) in [7, 11) is 0. The van der Waals surface area contributed by atoms with Gasteiger partial charge in [0.25, 0.3) is 0 Å². The van der Waals surface area contributed by atoms with E-state index in [2.05, 4.69) is 21.3 Å². The third-order valence-corrected chi connectivity index (χ3v) is 1.92. The minimum absolute atomic E-state index is 0.0405. The highest BCUT2D eigenvalue weighted by molar-refractivity contribution is 6.67. The van der Waals surface area contributed by atoms with E-state index in [4.69, 9.17) is 10.9 Å². The molecule has 1 aromatic rings. The van der Waals surface area contributed by atoms with Gasteiger partial charge in [-0.1, -0.05) is 36.0 Å². The molecule has 1 aromatic carbocycles. The summed E-state index contributed by atoms with van der Waals surface area (Å²) in [5.41, 5.74) is 7.48. The number of carbonyl (C=O) groups is 2. The van der Waals surface area contributed by atoms with Crippen molar-refractivity contribution in [2.24, 2.45) is 5.11 Å². The summed E-state index contributed by atoms with van der Waals surface area (Å²) in [5, 5.41) is 10.7. The van der Waals surface area contributed by atoms with E-state index in [1.54, 1.807) is 6.07 Å². The van der Waals surface area contributed by atoms with Gasteiger partial charge in [-0.3, -0.25) is 10.2 Å². The molecule has 0 aromatic heterocycles. The second-order valence-electron chi connectivity index (χ2n) is 2.98. The lowest BCUT2D eigenvalue weighted by Crippen LogP contribution is -2.24. The summed E-state index contributed by atoms with van der Waals surface area (Å²) in [6.45, 7) is 3.14. The van der Waals surface area contributed by atoms with E-state index in [1.165, 1.54) is 18.2 Å². The number of nitrogens with one attached hydrogen (secondary N) is 1. The maximum atomic E-state index is 11.8. The number of benzene rings is 1. The number of esters is 1. The zero-order chi connectivity index (χ0) is 13.5. The van der Waals surface area contributed by atoms with E-state index in [9.17, 15) is 9.59 Å².